The number of nitrogens with zero attached hydrogens (tertiary/aromatic N) is 1. The van der Waals surface area contributed by atoms with E-state index in [-0.39, 0.29) is 22.9 Å². The minimum atomic E-state index is -1.15. The van der Waals surface area contributed by atoms with Gasteiger partial charge in [0.15, 0.2) is 0 Å². The summed E-state index contributed by atoms with van der Waals surface area (Å²) >= 11 is 6.02. The molecule has 0 fully saturated rings. The molecule has 8 heteroatoms. The zero-order chi connectivity index (χ0) is 21.2. The molecular weight excluding hydrogens is 397 g/mol. The summed E-state index contributed by atoms with van der Waals surface area (Å²) in [5.74, 6) is 2.97. The number of aryl methyl sites for hydroxylation is 1. The van der Waals surface area contributed by atoms with Crippen LogP contribution < -0.4 is 11.2 Å². The van der Waals surface area contributed by atoms with Crippen molar-refractivity contribution in [3.8, 4) is 0 Å². The molecule has 0 aliphatic carbocycles. The van der Waals surface area contributed by atoms with Crippen molar-refractivity contribution in [1.82, 2.24) is 5.32 Å². The summed E-state index contributed by atoms with van der Waals surface area (Å²) in [7, 11) is 0. The van der Waals surface area contributed by atoms with Gasteiger partial charge in [-0.15, -0.1) is 0 Å². The average Bonchev–Trinajstić information content (AvgIpc) is 2.66. The summed E-state index contributed by atoms with van der Waals surface area (Å²) in [4.78, 5) is 23.4. The van der Waals surface area contributed by atoms with E-state index in [2.05, 4.69) is 10.4 Å². The monoisotopic (exact) mass is 419 g/mol. The van der Waals surface area contributed by atoms with E-state index < -0.39 is 24.2 Å². The molecule has 0 radical (unpaired) electrons. The molecule has 154 valence electrons. The number of carbonyl (C=O) groups is 2. The van der Waals surface area contributed by atoms with Crippen LogP contribution in [-0.4, -0.2) is 23.2 Å². The molecule has 1 unspecified atom stereocenters. The summed E-state index contributed by atoms with van der Waals surface area (Å²) < 4.78 is 14.1. The Morgan fingerprint density at radius 1 is 1.21 bits per heavy atom. The molecule has 0 aliphatic heterocycles. The van der Waals surface area contributed by atoms with Gasteiger partial charge in [0, 0.05) is 17.0 Å². The summed E-state index contributed by atoms with van der Waals surface area (Å²) in [6, 6.07) is 10.8. The summed E-state index contributed by atoms with van der Waals surface area (Å²) in [6.07, 6.45) is 3.50. The van der Waals surface area contributed by atoms with Gasteiger partial charge in [0.25, 0.3) is 0 Å². The van der Waals surface area contributed by atoms with Gasteiger partial charge in [0.05, 0.1) is 18.7 Å². The first-order chi connectivity index (χ1) is 13.9. The van der Waals surface area contributed by atoms with E-state index in [0.29, 0.717) is 6.42 Å². The maximum absolute atomic E-state index is 14.1. The number of hydrogen-bond donors (Lipinski definition) is 3. The number of amides is 1. The van der Waals surface area contributed by atoms with Crippen LogP contribution in [0.2, 0.25) is 5.02 Å². The first-order valence-electron chi connectivity index (χ1n) is 9.18. The van der Waals surface area contributed by atoms with Crippen molar-refractivity contribution in [1.29, 1.82) is 0 Å². The summed E-state index contributed by atoms with van der Waals surface area (Å²) in [5.41, 5.74) is 2.03. The van der Waals surface area contributed by atoms with E-state index >= 15 is 0 Å². The fourth-order valence-corrected chi connectivity index (χ4v) is 3.28. The van der Waals surface area contributed by atoms with Crippen LogP contribution in [0.3, 0.4) is 0 Å². The third-order valence-corrected chi connectivity index (χ3v) is 4.71. The Balaban J connectivity index is 1.87. The molecule has 6 nitrogen and oxygen atoms in total. The van der Waals surface area contributed by atoms with Gasteiger partial charge in [-0.3, -0.25) is 9.59 Å². The number of rotatable bonds is 10. The zero-order valence-electron chi connectivity index (χ0n) is 15.8. The Morgan fingerprint density at radius 3 is 2.55 bits per heavy atom. The van der Waals surface area contributed by atoms with Crippen molar-refractivity contribution in [2.75, 3.05) is 0 Å². The largest absolute Gasteiger partial charge is 0.481 e. The lowest BCUT2D eigenvalue weighted by Crippen LogP contribution is -2.30. The number of carboxylic acids is 1. The van der Waals surface area contributed by atoms with Crippen molar-refractivity contribution < 1.29 is 19.1 Å². The van der Waals surface area contributed by atoms with Crippen LogP contribution in [0.5, 0.6) is 0 Å². The molecule has 0 aliphatic rings. The Hall–Kier alpha value is -2.93. The van der Waals surface area contributed by atoms with Gasteiger partial charge in [-0.25, -0.2) is 4.39 Å². The lowest BCUT2D eigenvalue weighted by molar-refractivity contribution is -0.137. The van der Waals surface area contributed by atoms with Gasteiger partial charge >= 0.3 is 5.97 Å². The minimum absolute atomic E-state index is 0.00831. The van der Waals surface area contributed by atoms with Crippen molar-refractivity contribution in [3.63, 3.8) is 0 Å². The number of benzene rings is 2. The highest BCUT2D eigenvalue weighted by atomic mass is 35.5. The Kier molecular flexibility index (Phi) is 8.61. The number of hydrogen-bond acceptors (Lipinski definition) is 4. The summed E-state index contributed by atoms with van der Waals surface area (Å²) in [6.45, 7) is 0. The van der Waals surface area contributed by atoms with E-state index in [1.54, 1.807) is 6.21 Å². The SMILES string of the molecule is NN=Cc1ccc(CCCCC(=O)NC(CC(=O)O)c2c(F)cccc2Cl)cc1. The fraction of sp³-hybridized carbons (Fsp3) is 0.286. The predicted octanol–water partition coefficient (Wildman–Crippen LogP) is 3.82. The second-order valence-electron chi connectivity index (χ2n) is 6.58. The molecule has 2 rings (SSSR count). The quantitative estimate of drug-likeness (QED) is 0.235. The topological polar surface area (TPSA) is 105 Å². The highest BCUT2D eigenvalue weighted by Crippen LogP contribution is 2.28. The molecular formula is C21H23ClFN3O3. The zero-order valence-corrected chi connectivity index (χ0v) is 16.5. The standard InChI is InChI=1S/C21H23ClFN3O3/c22-16-5-3-6-17(23)21(16)18(12-20(28)29)26-19(27)7-2-1-4-14-8-10-15(11-9-14)13-25-24/h3,5-6,8-11,13,18H,1-2,4,7,12,24H2,(H,26,27)(H,28,29). The van der Waals surface area contributed by atoms with Crippen LogP contribution >= 0.6 is 11.6 Å². The first-order valence-corrected chi connectivity index (χ1v) is 9.55. The van der Waals surface area contributed by atoms with E-state index in [4.69, 9.17) is 22.6 Å². The average molecular weight is 420 g/mol. The smallest absolute Gasteiger partial charge is 0.305 e. The molecule has 0 saturated carbocycles. The third-order valence-electron chi connectivity index (χ3n) is 4.38. The lowest BCUT2D eigenvalue weighted by Gasteiger charge is -2.19. The molecule has 0 heterocycles. The van der Waals surface area contributed by atoms with Crippen LogP contribution in [0.4, 0.5) is 4.39 Å². The van der Waals surface area contributed by atoms with Crippen molar-refractivity contribution >= 4 is 29.7 Å². The van der Waals surface area contributed by atoms with Crippen molar-refractivity contribution in [3.05, 3.63) is 70.0 Å². The molecule has 1 atom stereocenters. The molecule has 0 aromatic heterocycles. The van der Waals surface area contributed by atoms with Crippen molar-refractivity contribution in [2.45, 2.75) is 38.1 Å². The molecule has 1 amide bonds. The van der Waals surface area contributed by atoms with Crippen molar-refractivity contribution in [2.24, 2.45) is 10.9 Å². The Morgan fingerprint density at radius 2 is 1.93 bits per heavy atom. The molecule has 2 aromatic rings. The van der Waals surface area contributed by atoms with Gasteiger partial charge in [0.1, 0.15) is 5.82 Å². The predicted molar refractivity (Wildman–Crippen MR) is 110 cm³/mol. The van der Waals surface area contributed by atoms with Crippen LogP contribution in [0.25, 0.3) is 0 Å². The summed E-state index contributed by atoms with van der Waals surface area (Å²) in [5, 5.41) is 15.2. The van der Waals surface area contributed by atoms with Gasteiger partial charge in [-0.1, -0.05) is 41.9 Å². The van der Waals surface area contributed by atoms with Gasteiger partial charge in [0.2, 0.25) is 5.91 Å². The third kappa shape index (κ3) is 7.19. The number of nitrogens with one attached hydrogen (secondary N) is 1. The maximum atomic E-state index is 14.1. The second-order valence-corrected chi connectivity index (χ2v) is 6.99. The Labute approximate surface area is 173 Å². The van der Waals surface area contributed by atoms with E-state index in [0.717, 1.165) is 24.0 Å². The van der Waals surface area contributed by atoms with Gasteiger partial charge in [-0.05, 0) is 42.5 Å². The molecule has 2 aromatic carbocycles. The highest BCUT2D eigenvalue weighted by molar-refractivity contribution is 6.31. The number of carbonyl (C=O) groups excluding carboxylic acids is 1. The number of aliphatic carboxylic acids is 1. The van der Waals surface area contributed by atoms with Gasteiger partial charge in [-0.2, -0.15) is 5.10 Å². The molecule has 29 heavy (non-hydrogen) atoms. The lowest BCUT2D eigenvalue weighted by atomic mass is 10.0. The van der Waals surface area contributed by atoms with E-state index in [1.807, 2.05) is 24.3 Å². The fourth-order valence-electron chi connectivity index (χ4n) is 2.98. The number of hydrazone groups is 1. The highest BCUT2D eigenvalue weighted by Gasteiger charge is 2.23. The van der Waals surface area contributed by atoms with Gasteiger partial charge < -0.3 is 16.3 Å². The Bertz CT molecular complexity index is 852. The number of nitrogens with two attached hydrogens (primary N) is 1. The molecule has 0 saturated heterocycles. The molecule has 0 spiro atoms. The second kappa shape index (κ2) is 11.2. The number of unbranched alkanes of at least 4 members (excludes halogenated alkanes) is 1. The molecule has 4 N–H and O–H groups in total. The van der Waals surface area contributed by atoms with E-state index in [9.17, 15) is 14.0 Å². The van der Waals surface area contributed by atoms with E-state index in [1.165, 1.54) is 18.2 Å². The molecule has 0 bridgehead atoms. The first kappa shape index (κ1) is 22.4. The van der Waals surface area contributed by atoms with Crippen LogP contribution in [0.1, 0.15) is 48.4 Å². The van der Waals surface area contributed by atoms with Crippen LogP contribution in [0, 0.1) is 5.82 Å². The normalized spacial score (nSPS) is 12.1. The number of carboxylic acid groups (broad SMARTS) is 1. The van der Waals surface area contributed by atoms with Crippen LogP contribution in [-0.2, 0) is 16.0 Å². The van der Waals surface area contributed by atoms with Crippen LogP contribution in [0.15, 0.2) is 47.6 Å². The minimum Gasteiger partial charge on any atom is -0.481 e. The number of halogens is 2. The maximum Gasteiger partial charge on any atom is 0.305 e.